The Labute approximate surface area is 127 Å². The second kappa shape index (κ2) is 7.20. The van der Waals surface area contributed by atoms with Crippen LogP contribution in [0.25, 0.3) is 0 Å². The van der Waals surface area contributed by atoms with Crippen LogP contribution in [-0.2, 0) is 16.6 Å². The van der Waals surface area contributed by atoms with E-state index >= 15 is 0 Å². The number of rotatable bonds is 6. The van der Waals surface area contributed by atoms with Crippen molar-refractivity contribution in [1.29, 1.82) is 0 Å². The van der Waals surface area contributed by atoms with Gasteiger partial charge in [0.2, 0.25) is 10.0 Å². The highest BCUT2D eigenvalue weighted by molar-refractivity contribution is 7.88. The summed E-state index contributed by atoms with van der Waals surface area (Å²) in [6, 6.07) is 4.02. The van der Waals surface area contributed by atoms with Crippen molar-refractivity contribution in [3.8, 4) is 0 Å². The highest BCUT2D eigenvalue weighted by Crippen LogP contribution is 2.19. The van der Waals surface area contributed by atoms with Crippen LogP contribution >= 0.6 is 0 Å². The minimum absolute atomic E-state index is 0.525. The average Bonchev–Trinajstić information content (AvgIpc) is 2.47. The van der Waals surface area contributed by atoms with Crippen molar-refractivity contribution in [1.82, 2.24) is 14.6 Å². The Morgan fingerprint density at radius 2 is 2.00 bits per heavy atom. The van der Waals surface area contributed by atoms with E-state index in [1.807, 2.05) is 6.07 Å². The maximum atomic E-state index is 11.6. The number of anilines is 1. The molecule has 1 aromatic rings. The lowest BCUT2D eigenvalue weighted by molar-refractivity contribution is 0.386. The summed E-state index contributed by atoms with van der Waals surface area (Å²) in [5, 5.41) is 3.39. The van der Waals surface area contributed by atoms with Gasteiger partial charge >= 0.3 is 0 Å². The molecule has 0 amide bonds. The predicted octanol–water partition coefficient (Wildman–Crippen LogP) is 0.663. The van der Waals surface area contributed by atoms with E-state index in [1.165, 1.54) is 16.1 Å². The molecule has 0 unspecified atom stereocenters. The number of hydrogen-bond donors (Lipinski definition) is 1. The maximum Gasteiger partial charge on any atom is 0.211 e. The highest BCUT2D eigenvalue weighted by atomic mass is 32.2. The Kier molecular flexibility index (Phi) is 5.55. The molecule has 0 radical (unpaired) electrons. The molecule has 2 heterocycles. The maximum absolute atomic E-state index is 11.6. The van der Waals surface area contributed by atoms with E-state index in [-0.39, 0.29) is 0 Å². The molecule has 0 aromatic carbocycles. The van der Waals surface area contributed by atoms with Crippen molar-refractivity contribution in [2.24, 2.45) is 0 Å². The van der Waals surface area contributed by atoms with Gasteiger partial charge in [-0.1, -0.05) is 13.0 Å². The van der Waals surface area contributed by atoms with Gasteiger partial charge in [-0.2, -0.15) is 4.31 Å². The fourth-order valence-corrected chi connectivity index (χ4v) is 3.31. The molecule has 0 saturated carbocycles. The van der Waals surface area contributed by atoms with Gasteiger partial charge in [0.05, 0.1) is 6.26 Å². The fourth-order valence-electron chi connectivity index (χ4n) is 2.48. The van der Waals surface area contributed by atoms with Gasteiger partial charge in [-0.05, 0) is 19.0 Å². The predicted molar refractivity (Wildman–Crippen MR) is 84.9 cm³/mol. The summed E-state index contributed by atoms with van der Waals surface area (Å²) in [4.78, 5) is 6.66. The summed E-state index contributed by atoms with van der Waals surface area (Å²) in [7, 11) is -3.09. The number of nitrogens with one attached hydrogen (secondary N) is 1. The number of pyridine rings is 1. The largest absolute Gasteiger partial charge is 0.354 e. The van der Waals surface area contributed by atoms with E-state index in [0.717, 1.165) is 25.3 Å². The summed E-state index contributed by atoms with van der Waals surface area (Å²) in [6.45, 7) is 6.34. The van der Waals surface area contributed by atoms with E-state index in [2.05, 4.69) is 28.2 Å². The molecule has 2 rings (SSSR count). The Morgan fingerprint density at radius 3 is 2.62 bits per heavy atom. The standard InChI is InChI=1S/C14H24N4O2S/c1-3-6-15-12-13-5-4-7-16-14(13)17-8-10-18(11-9-17)21(2,19)20/h4-5,7,15H,3,6,8-12H2,1-2H3. The molecule has 1 fully saturated rings. The van der Waals surface area contributed by atoms with Gasteiger partial charge < -0.3 is 10.2 Å². The number of piperazine rings is 1. The topological polar surface area (TPSA) is 65.5 Å². The molecule has 1 N–H and O–H groups in total. The Balaban J connectivity index is 2.03. The zero-order valence-corrected chi connectivity index (χ0v) is 13.6. The molecule has 118 valence electrons. The molecule has 6 nitrogen and oxygen atoms in total. The number of sulfonamides is 1. The first kappa shape index (κ1) is 16.2. The molecule has 0 spiro atoms. The molecule has 1 aliphatic heterocycles. The highest BCUT2D eigenvalue weighted by Gasteiger charge is 2.24. The third-order valence-electron chi connectivity index (χ3n) is 3.62. The Morgan fingerprint density at radius 1 is 1.29 bits per heavy atom. The monoisotopic (exact) mass is 312 g/mol. The average molecular weight is 312 g/mol. The first-order valence-corrected chi connectivity index (χ1v) is 9.22. The molecule has 1 saturated heterocycles. The van der Waals surface area contributed by atoms with E-state index in [1.54, 1.807) is 6.20 Å². The third-order valence-corrected chi connectivity index (χ3v) is 4.92. The smallest absolute Gasteiger partial charge is 0.211 e. The number of aromatic nitrogens is 1. The third kappa shape index (κ3) is 4.39. The Bertz CT molecular complexity index is 554. The van der Waals surface area contributed by atoms with Gasteiger partial charge in [-0.15, -0.1) is 0 Å². The molecule has 7 heteroatoms. The van der Waals surface area contributed by atoms with E-state index in [9.17, 15) is 8.42 Å². The van der Waals surface area contributed by atoms with Crippen LogP contribution in [0.3, 0.4) is 0 Å². The van der Waals surface area contributed by atoms with Gasteiger partial charge in [-0.25, -0.2) is 13.4 Å². The van der Waals surface area contributed by atoms with Gasteiger partial charge in [-0.3, -0.25) is 0 Å². The van der Waals surface area contributed by atoms with Crippen LogP contribution in [0, 0.1) is 0 Å². The normalized spacial score (nSPS) is 17.1. The van der Waals surface area contributed by atoms with Gasteiger partial charge in [0.15, 0.2) is 0 Å². The lowest BCUT2D eigenvalue weighted by atomic mass is 10.2. The van der Waals surface area contributed by atoms with Crippen molar-refractivity contribution >= 4 is 15.8 Å². The zero-order chi connectivity index (χ0) is 15.3. The second-order valence-corrected chi connectivity index (χ2v) is 7.29. The van der Waals surface area contributed by atoms with Crippen LogP contribution in [0.5, 0.6) is 0 Å². The fraction of sp³-hybridized carbons (Fsp3) is 0.643. The summed E-state index contributed by atoms with van der Waals surface area (Å²) in [5.74, 6) is 0.967. The minimum Gasteiger partial charge on any atom is -0.354 e. The van der Waals surface area contributed by atoms with Crippen LogP contribution < -0.4 is 10.2 Å². The first-order chi connectivity index (χ1) is 10.0. The van der Waals surface area contributed by atoms with Crippen molar-refractivity contribution in [3.63, 3.8) is 0 Å². The summed E-state index contributed by atoms with van der Waals surface area (Å²) in [6.07, 6.45) is 4.16. The van der Waals surface area contributed by atoms with Crippen LogP contribution in [0.2, 0.25) is 0 Å². The van der Waals surface area contributed by atoms with E-state index in [4.69, 9.17) is 0 Å². The lowest BCUT2D eigenvalue weighted by Crippen LogP contribution is -2.48. The molecule has 1 aliphatic rings. The lowest BCUT2D eigenvalue weighted by Gasteiger charge is -2.34. The summed E-state index contributed by atoms with van der Waals surface area (Å²) < 4.78 is 24.6. The molecule has 1 aromatic heterocycles. The van der Waals surface area contributed by atoms with Crippen molar-refractivity contribution < 1.29 is 8.42 Å². The Hall–Kier alpha value is -1.18. The van der Waals surface area contributed by atoms with Gasteiger partial charge in [0.1, 0.15) is 5.82 Å². The van der Waals surface area contributed by atoms with Crippen molar-refractivity contribution in [3.05, 3.63) is 23.9 Å². The van der Waals surface area contributed by atoms with Gasteiger partial charge in [0.25, 0.3) is 0 Å². The molecule has 21 heavy (non-hydrogen) atoms. The second-order valence-electron chi connectivity index (χ2n) is 5.31. The first-order valence-electron chi connectivity index (χ1n) is 7.37. The summed E-state index contributed by atoms with van der Waals surface area (Å²) >= 11 is 0. The zero-order valence-electron chi connectivity index (χ0n) is 12.7. The molecule has 0 atom stereocenters. The van der Waals surface area contributed by atoms with Crippen LogP contribution in [0.1, 0.15) is 18.9 Å². The molecular weight excluding hydrogens is 288 g/mol. The summed E-state index contributed by atoms with van der Waals surface area (Å²) in [5.41, 5.74) is 1.17. The number of hydrogen-bond acceptors (Lipinski definition) is 5. The van der Waals surface area contributed by atoms with Crippen LogP contribution in [-0.4, -0.2) is 56.7 Å². The van der Waals surface area contributed by atoms with E-state index in [0.29, 0.717) is 26.2 Å². The van der Waals surface area contributed by atoms with E-state index < -0.39 is 10.0 Å². The number of nitrogens with zero attached hydrogens (tertiary/aromatic N) is 3. The van der Waals surface area contributed by atoms with Gasteiger partial charge in [0, 0.05) is 44.5 Å². The van der Waals surface area contributed by atoms with Crippen LogP contribution in [0.4, 0.5) is 5.82 Å². The van der Waals surface area contributed by atoms with Crippen LogP contribution in [0.15, 0.2) is 18.3 Å². The molecule has 0 bridgehead atoms. The van der Waals surface area contributed by atoms with Crippen molar-refractivity contribution in [2.45, 2.75) is 19.9 Å². The molecular formula is C14H24N4O2S. The minimum atomic E-state index is -3.09. The quantitative estimate of drug-likeness (QED) is 0.782. The molecule has 0 aliphatic carbocycles. The SMILES string of the molecule is CCCNCc1cccnc1N1CCN(S(C)(=O)=O)CC1. The van der Waals surface area contributed by atoms with Crippen molar-refractivity contribution in [2.75, 3.05) is 43.9 Å².